The second-order valence-corrected chi connectivity index (χ2v) is 4.62. The second kappa shape index (κ2) is 9.23. The van der Waals surface area contributed by atoms with Crippen LogP contribution in [0.4, 0.5) is 11.4 Å². The van der Waals surface area contributed by atoms with E-state index in [4.69, 9.17) is 0 Å². The SMILES string of the molecule is C[NH2+]/C=C\SCN=Nc1ccc(N=NN(C)C)cc1. The van der Waals surface area contributed by atoms with Crippen LogP contribution in [0.5, 0.6) is 0 Å². The summed E-state index contributed by atoms with van der Waals surface area (Å²) in [4.78, 5) is 0. The predicted octanol–water partition coefficient (Wildman–Crippen LogP) is 2.69. The quantitative estimate of drug-likeness (QED) is 0.473. The summed E-state index contributed by atoms with van der Waals surface area (Å²) in [6, 6.07) is 7.46. The Bertz CT molecular complexity index is 438. The number of hydrogen-bond donors (Lipinski definition) is 1. The molecule has 0 aromatic heterocycles. The standard InChI is InChI=1S/C12H18N6S/c1-13-8-9-19-10-14-15-11-4-6-12(7-5-11)16-17-18(2)3/h4-9,13H,10H2,1-3H3/p+1/b9-8-,15-14?,17-16?. The van der Waals surface area contributed by atoms with Crippen LogP contribution < -0.4 is 5.32 Å². The Morgan fingerprint density at radius 1 is 1.16 bits per heavy atom. The van der Waals surface area contributed by atoms with E-state index < -0.39 is 0 Å². The highest BCUT2D eigenvalue weighted by Crippen LogP contribution is 2.19. The third-order valence-corrected chi connectivity index (χ3v) is 2.49. The zero-order valence-electron chi connectivity index (χ0n) is 11.4. The molecule has 2 N–H and O–H groups in total. The number of rotatable bonds is 7. The van der Waals surface area contributed by atoms with Crippen LogP contribution >= 0.6 is 11.8 Å². The van der Waals surface area contributed by atoms with Crippen molar-refractivity contribution in [2.45, 2.75) is 0 Å². The lowest BCUT2D eigenvalue weighted by atomic mass is 10.3. The number of quaternary nitrogens is 1. The third kappa shape index (κ3) is 7.32. The average Bonchev–Trinajstić information content (AvgIpc) is 2.41. The molecule has 0 heterocycles. The van der Waals surface area contributed by atoms with Gasteiger partial charge in [0.05, 0.1) is 24.6 Å². The maximum Gasteiger partial charge on any atom is 0.110 e. The topological polar surface area (TPSA) is 69.3 Å². The van der Waals surface area contributed by atoms with Gasteiger partial charge in [0.25, 0.3) is 0 Å². The van der Waals surface area contributed by atoms with Crippen LogP contribution in [0.25, 0.3) is 0 Å². The van der Waals surface area contributed by atoms with Crippen molar-refractivity contribution in [3.05, 3.63) is 35.9 Å². The molecule has 1 aromatic rings. The minimum absolute atomic E-state index is 0.617. The molecule has 1 rings (SSSR count). The van der Waals surface area contributed by atoms with E-state index >= 15 is 0 Å². The summed E-state index contributed by atoms with van der Waals surface area (Å²) in [6.07, 6.45) is 1.98. The third-order valence-electron chi connectivity index (χ3n) is 1.87. The van der Waals surface area contributed by atoms with E-state index in [9.17, 15) is 0 Å². The van der Waals surface area contributed by atoms with Gasteiger partial charge >= 0.3 is 0 Å². The average molecular weight is 279 g/mol. The fraction of sp³-hybridized carbons (Fsp3) is 0.333. The van der Waals surface area contributed by atoms with Crippen LogP contribution in [0, 0.1) is 0 Å². The van der Waals surface area contributed by atoms with Gasteiger partial charge in [-0.3, -0.25) is 5.01 Å². The van der Waals surface area contributed by atoms with Gasteiger partial charge < -0.3 is 5.32 Å². The summed E-state index contributed by atoms with van der Waals surface area (Å²) >= 11 is 1.60. The van der Waals surface area contributed by atoms with Crippen molar-refractivity contribution in [3.63, 3.8) is 0 Å². The van der Waals surface area contributed by atoms with E-state index in [0.717, 1.165) is 11.4 Å². The van der Waals surface area contributed by atoms with Gasteiger partial charge in [0.2, 0.25) is 0 Å². The van der Waals surface area contributed by atoms with Gasteiger partial charge in [-0.25, -0.2) is 0 Å². The highest BCUT2D eigenvalue weighted by atomic mass is 32.2. The Morgan fingerprint density at radius 3 is 2.37 bits per heavy atom. The molecule has 102 valence electrons. The van der Waals surface area contributed by atoms with Gasteiger partial charge in [-0.05, 0) is 24.3 Å². The van der Waals surface area contributed by atoms with Crippen molar-refractivity contribution in [1.29, 1.82) is 0 Å². The number of thioether (sulfide) groups is 1. The Balaban J connectivity index is 2.43. The van der Waals surface area contributed by atoms with E-state index in [2.05, 4.69) is 20.6 Å². The molecule has 6 nitrogen and oxygen atoms in total. The zero-order chi connectivity index (χ0) is 13.9. The molecule has 19 heavy (non-hydrogen) atoms. The largest absolute Gasteiger partial charge is 0.322 e. The van der Waals surface area contributed by atoms with Gasteiger partial charge in [-0.1, -0.05) is 5.22 Å². The fourth-order valence-corrected chi connectivity index (χ4v) is 1.53. The molecule has 0 saturated carbocycles. The molecule has 0 bridgehead atoms. The molecule has 0 aliphatic heterocycles. The van der Waals surface area contributed by atoms with E-state index in [0.29, 0.717) is 5.88 Å². The minimum atomic E-state index is 0.617. The smallest absolute Gasteiger partial charge is 0.110 e. The van der Waals surface area contributed by atoms with E-state index in [1.54, 1.807) is 16.8 Å². The number of hydrogen-bond acceptors (Lipinski definition) is 5. The molecule has 0 amide bonds. The van der Waals surface area contributed by atoms with Gasteiger partial charge in [-0.15, -0.1) is 16.9 Å². The predicted molar refractivity (Wildman–Crippen MR) is 78.6 cm³/mol. The Morgan fingerprint density at radius 2 is 1.79 bits per heavy atom. The molecule has 0 atom stereocenters. The zero-order valence-corrected chi connectivity index (χ0v) is 12.2. The molecular formula is C12H19N6S+. The number of nitrogens with two attached hydrogens (primary N) is 1. The first kappa shape index (κ1) is 15.3. The minimum Gasteiger partial charge on any atom is -0.322 e. The van der Waals surface area contributed by atoms with Crippen LogP contribution in [-0.2, 0) is 0 Å². The van der Waals surface area contributed by atoms with Crippen molar-refractivity contribution in [1.82, 2.24) is 5.01 Å². The number of nitrogens with zero attached hydrogens (tertiary/aromatic N) is 5. The van der Waals surface area contributed by atoms with Gasteiger partial charge in [0, 0.05) is 19.5 Å². The molecule has 7 heteroatoms. The van der Waals surface area contributed by atoms with Crippen LogP contribution in [0.15, 0.2) is 56.4 Å². The molecule has 0 unspecified atom stereocenters. The molecule has 1 aromatic carbocycles. The highest BCUT2D eigenvalue weighted by Gasteiger charge is 1.91. The Labute approximate surface area is 117 Å². The first-order chi connectivity index (χ1) is 9.22. The summed E-state index contributed by atoms with van der Waals surface area (Å²) in [5.74, 6) is 0.617. The molecule has 0 aliphatic carbocycles. The first-order valence-electron chi connectivity index (χ1n) is 5.85. The molecular weight excluding hydrogens is 260 g/mol. The summed E-state index contributed by atoms with van der Waals surface area (Å²) in [7, 11) is 5.64. The van der Waals surface area contributed by atoms with Crippen molar-refractivity contribution < 1.29 is 5.32 Å². The van der Waals surface area contributed by atoms with Gasteiger partial charge in [0.15, 0.2) is 0 Å². The monoisotopic (exact) mass is 279 g/mol. The van der Waals surface area contributed by atoms with Crippen LogP contribution in [0.3, 0.4) is 0 Å². The maximum atomic E-state index is 4.12. The molecule has 0 saturated heterocycles. The summed E-state index contributed by atoms with van der Waals surface area (Å²) < 4.78 is 0. The fourth-order valence-electron chi connectivity index (χ4n) is 1.05. The van der Waals surface area contributed by atoms with Crippen molar-refractivity contribution in [2.24, 2.45) is 20.6 Å². The van der Waals surface area contributed by atoms with Crippen LogP contribution in [0.1, 0.15) is 0 Å². The summed E-state index contributed by atoms with van der Waals surface area (Å²) in [5, 5.41) is 21.8. The van der Waals surface area contributed by atoms with Gasteiger partial charge in [0.1, 0.15) is 5.88 Å². The van der Waals surface area contributed by atoms with Crippen LogP contribution in [-0.4, -0.2) is 32.0 Å². The van der Waals surface area contributed by atoms with Crippen molar-refractivity contribution >= 4 is 23.1 Å². The first-order valence-corrected chi connectivity index (χ1v) is 6.90. The van der Waals surface area contributed by atoms with E-state index in [-0.39, 0.29) is 0 Å². The van der Waals surface area contributed by atoms with E-state index in [1.807, 2.05) is 62.3 Å². The van der Waals surface area contributed by atoms with E-state index in [1.165, 1.54) is 0 Å². The highest BCUT2D eigenvalue weighted by molar-refractivity contribution is 8.02. The Kier molecular flexibility index (Phi) is 7.45. The molecule has 0 spiro atoms. The second-order valence-electron chi connectivity index (χ2n) is 3.75. The number of benzene rings is 1. The maximum absolute atomic E-state index is 4.12. The van der Waals surface area contributed by atoms with Crippen LogP contribution in [0.2, 0.25) is 0 Å². The Hall–Kier alpha value is -1.73. The lowest BCUT2D eigenvalue weighted by Crippen LogP contribution is -2.72. The normalized spacial score (nSPS) is 11.9. The summed E-state index contributed by atoms with van der Waals surface area (Å²) in [5.41, 5.74) is 1.61. The molecule has 0 radical (unpaired) electrons. The lowest BCUT2D eigenvalue weighted by Gasteiger charge is -2.00. The lowest BCUT2D eigenvalue weighted by molar-refractivity contribution is -0.556. The van der Waals surface area contributed by atoms with Crippen molar-refractivity contribution in [2.75, 3.05) is 27.0 Å². The van der Waals surface area contributed by atoms with Crippen molar-refractivity contribution in [3.8, 4) is 0 Å². The number of azo groups is 1. The molecule has 0 fully saturated rings. The van der Waals surface area contributed by atoms with Gasteiger partial charge in [-0.2, -0.15) is 10.2 Å². The summed E-state index contributed by atoms with van der Waals surface area (Å²) in [6.45, 7) is 0. The molecule has 0 aliphatic rings.